The summed E-state index contributed by atoms with van der Waals surface area (Å²) in [4.78, 5) is 17.9. The minimum absolute atomic E-state index is 0.200. The number of alkyl halides is 3. The van der Waals surface area contributed by atoms with Gasteiger partial charge in [0, 0.05) is 18.3 Å². The molecule has 1 fully saturated rings. The molecule has 188 valence electrons. The highest BCUT2D eigenvalue weighted by atomic mass is 19.4. The second-order valence-corrected chi connectivity index (χ2v) is 9.28. The van der Waals surface area contributed by atoms with Crippen LogP contribution in [0.2, 0.25) is 0 Å². The third-order valence-electron chi connectivity index (χ3n) is 6.61. The molecule has 1 saturated carbocycles. The van der Waals surface area contributed by atoms with Gasteiger partial charge in [0.1, 0.15) is 12.3 Å². The second-order valence-electron chi connectivity index (χ2n) is 9.28. The summed E-state index contributed by atoms with van der Waals surface area (Å²) in [7, 11) is 0. The molecule has 2 heterocycles. The van der Waals surface area contributed by atoms with Crippen molar-refractivity contribution in [3.63, 3.8) is 0 Å². The molecule has 1 aromatic heterocycles. The number of aromatic carboxylic acids is 1. The monoisotopic (exact) mass is 497 g/mol. The number of anilines is 2. The van der Waals surface area contributed by atoms with E-state index in [0.717, 1.165) is 41.5 Å². The van der Waals surface area contributed by atoms with Gasteiger partial charge in [-0.3, -0.25) is 0 Å². The van der Waals surface area contributed by atoms with Crippen molar-refractivity contribution in [1.29, 1.82) is 0 Å². The van der Waals surface area contributed by atoms with Crippen molar-refractivity contribution in [2.75, 3.05) is 23.4 Å². The first-order valence-corrected chi connectivity index (χ1v) is 11.9. The quantitative estimate of drug-likeness (QED) is 0.402. The zero-order valence-corrected chi connectivity index (χ0v) is 19.7. The fourth-order valence-electron chi connectivity index (χ4n) is 4.53. The van der Waals surface area contributed by atoms with Crippen LogP contribution in [-0.2, 0) is 12.7 Å². The van der Waals surface area contributed by atoms with Crippen molar-refractivity contribution in [3.8, 4) is 5.75 Å². The van der Waals surface area contributed by atoms with E-state index in [0.29, 0.717) is 30.5 Å². The lowest BCUT2D eigenvalue weighted by molar-refractivity contribution is -0.137. The second kappa shape index (κ2) is 9.37. The Morgan fingerprint density at radius 3 is 2.64 bits per heavy atom. The fourth-order valence-corrected chi connectivity index (χ4v) is 4.53. The van der Waals surface area contributed by atoms with E-state index in [1.54, 1.807) is 30.3 Å². The van der Waals surface area contributed by atoms with Gasteiger partial charge in [-0.15, -0.1) is 0 Å². The number of nitrogens with zero attached hydrogens (tertiary/aromatic N) is 2. The van der Waals surface area contributed by atoms with Crippen LogP contribution in [0.1, 0.15) is 64.3 Å². The Bertz CT molecular complexity index is 1270. The van der Waals surface area contributed by atoms with E-state index in [1.165, 1.54) is 12.1 Å². The Morgan fingerprint density at radius 2 is 1.97 bits per heavy atom. The highest BCUT2D eigenvalue weighted by molar-refractivity contribution is 5.87. The molecule has 0 saturated heterocycles. The van der Waals surface area contributed by atoms with Crippen LogP contribution in [0.15, 0.2) is 54.7 Å². The molecule has 1 unspecified atom stereocenters. The average Bonchev–Trinajstić information content (AvgIpc) is 3.69. The number of nitrogens with one attached hydrogen (secondary N) is 1. The van der Waals surface area contributed by atoms with Crippen LogP contribution in [0.4, 0.5) is 24.7 Å². The first-order valence-electron chi connectivity index (χ1n) is 11.9. The SMILES string of the molecule is CC(Nc1ncc(C2CC2)c2c1N(Cc1cccc(C(F)(F)F)c1)CCO2)c1ccc(C(=O)O)cc1. The van der Waals surface area contributed by atoms with Gasteiger partial charge in [-0.1, -0.05) is 24.3 Å². The number of carboxylic acids is 1. The highest BCUT2D eigenvalue weighted by Gasteiger charge is 2.34. The van der Waals surface area contributed by atoms with Gasteiger partial charge in [-0.2, -0.15) is 13.2 Å². The highest BCUT2D eigenvalue weighted by Crippen LogP contribution is 2.50. The molecule has 9 heteroatoms. The molecule has 0 radical (unpaired) electrons. The molecule has 0 bridgehead atoms. The van der Waals surface area contributed by atoms with Crippen LogP contribution < -0.4 is 15.0 Å². The lowest BCUT2D eigenvalue weighted by atomic mass is 10.0. The van der Waals surface area contributed by atoms with Crippen molar-refractivity contribution in [3.05, 3.63) is 82.5 Å². The van der Waals surface area contributed by atoms with Crippen molar-refractivity contribution >= 4 is 17.5 Å². The lowest BCUT2D eigenvalue weighted by Crippen LogP contribution is -2.34. The molecule has 36 heavy (non-hydrogen) atoms. The molecule has 2 N–H and O–H groups in total. The van der Waals surface area contributed by atoms with E-state index >= 15 is 0 Å². The van der Waals surface area contributed by atoms with Crippen LogP contribution in [0.5, 0.6) is 5.75 Å². The summed E-state index contributed by atoms with van der Waals surface area (Å²) >= 11 is 0. The van der Waals surface area contributed by atoms with Crippen LogP contribution in [0, 0.1) is 0 Å². The number of pyridine rings is 1. The van der Waals surface area contributed by atoms with E-state index in [1.807, 2.05) is 18.0 Å². The first-order chi connectivity index (χ1) is 17.2. The summed E-state index contributed by atoms with van der Waals surface area (Å²) in [5, 5.41) is 12.6. The number of rotatable bonds is 7. The third-order valence-corrected chi connectivity index (χ3v) is 6.61. The number of hydrogen-bond donors (Lipinski definition) is 2. The van der Waals surface area contributed by atoms with Gasteiger partial charge in [-0.25, -0.2) is 9.78 Å². The standard InChI is InChI=1S/C27H26F3N3O3/c1-16(18-5-9-20(10-6-18)26(34)35)32-25-23-24(22(14-31-25)19-7-8-19)36-12-11-33(23)15-17-3-2-4-21(13-17)27(28,29)30/h2-6,9-10,13-14,16,19H,7-8,11-12,15H2,1H3,(H,31,32)(H,34,35). The summed E-state index contributed by atoms with van der Waals surface area (Å²) in [6.07, 6.45) is -0.459. The van der Waals surface area contributed by atoms with Crippen LogP contribution in [0.3, 0.4) is 0 Å². The van der Waals surface area contributed by atoms with Crippen molar-refractivity contribution in [2.24, 2.45) is 0 Å². The van der Waals surface area contributed by atoms with Crippen LogP contribution >= 0.6 is 0 Å². The van der Waals surface area contributed by atoms with Gasteiger partial charge in [0.2, 0.25) is 0 Å². The van der Waals surface area contributed by atoms with E-state index in [-0.39, 0.29) is 18.2 Å². The van der Waals surface area contributed by atoms with Gasteiger partial charge < -0.3 is 20.1 Å². The predicted octanol–water partition coefficient (Wildman–Crippen LogP) is 6.25. The predicted molar refractivity (Wildman–Crippen MR) is 130 cm³/mol. The summed E-state index contributed by atoms with van der Waals surface area (Å²) in [5.41, 5.74) is 2.74. The molecular weight excluding hydrogens is 471 g/mol. The number of halogens is 3. The number of carboxylic acid groups (broad SMARTS) is 1. The summed E-state index contributed by atoms with van der Waals surface area (Å²) in [6.45, 7) is 3.17. The topological polar surface area (TPSA) is 74.7 Å². The Hall–Kier alpha value is -3.75. The number of fused-ring (bicyclic) bond motifs is 1. The summed E-state index contributed by atoms with van der Waals surface area (Å²) in [6, 6.07) is 11.8. The minimum Gasteiger partial charge on any atom is -0.489 e. The molecule has 1 aliphatic heterocycles. The van der Waals surface area contributed by atoms with Crippen LogP contribution in [0.25, 0.3) is 0 Å². The minimum atomic E-state index is -4.40. The third kappa shape index (κ3) is 4.96. The van der Waals surface area contributed by atoms with Crippen LogP contribution in [-0.4, -0.2) is 29.2 Å². The van der Waals surface area contributed by atoms with Crippen molar-refractivity contribution in [1.82, 2.24) is 4.98 Å². The van der Waals surface area contributed by atoms with E-state index in [4.69, 9.17) is 14.8 Å². The lowest BCUT2D eigenvalue weighted by Gasteiger charge is -2.34. The zero-order chi connectivity index (χ0) is 25.4. The maximum Gasteiger partial charge on any atom is 0.416 e. The number of aromatic nitrogens is 1. The van der Waals surface area contributed by atoms with Crippen molar-refractivity contribution in [2.45, 2.75) is 44.4 Å². The van der Waals surface area contributed by atoms with Gasteiger partial charge in [-0.05, 0) is 61.1 Å². The normalized spacial score (nSPS) is 16.2. The number of benzene rings is 2. The van der Waals surface area contributed by atoms with Gasteiger partial charge in [0.15, 0.2) is 11.6 Å². The van der Waals surface area contributed by atoms with Gasteiger partial charge >= 0.3 is 12.1 Å². The Kier molecular flexibility index (Phi) is 6.24. The molecule has 3 aromatic rings. The van der Waals surface area contributed by atoms with Crippen molar-refractivity contribution < 1.29 is 27.8 Å². The summed E-state index contributed by atoms with van der Waals surface area (Å²) < 4.78 is 46.0. The smallest absolute Gasteiger partial charge is 0.416 e. The first kappa shape index (κ1) is 24.0. The maximum atomic E-state index is 13.3. The molecule has 0 amide bonds. The Balaban J connectivity index is 1.47. The molecule has 0 spiro atoms. The van der Waals surface area contributed by atoms with E-state index in [9.17, 15) is 18.0 Å². The Morgan fingerprint density at radius 1 is 1.22 bits per heavy atom. The van der Waals surface area contributed by atoms with Gasteiger partial charge in [0.25, 0.3) is 0 Å². The maximum absolute atomic E-state index is 13.3. The van der Waals surface area contributed by atoms with E-state index in [2.05, 4.69) is 5.32 Å². The molecular formula is C27H26F3N3O3. The fraction of sp³-hybridized carbons (Fsp3) is 0.333. The molecule has 5 rings (SSSR count). The molecule has 1 atom stereocenters. The molecule has 2 aliphatic rings. The molecule has 2 aromatic carbocycles. The summed E-state index contributed by atoms with van der Waals surface area (Å²) in [5.74, 6) is 0.711. The van der Waals surface area contributed by atoms with E-state index < -0.39 is 17.7 Å². The Labute approximate surface area is 206 Å². The average molecular weight is 498 g/mol. The van der Waals surface area contributed by atoms with Gasteiger partial charge in [0.05, 0.1) is 23.7 Å². The molecule has 6 nitrogen and oxygen atoms in total. The number of hydrogen-bond acceptors (Lipinski definition) is 5. The number of ether oxygens (including phenoxy) is 1. The largest absolute Gasteiger partial charge is 0.489 e. The molecule has 1 aliphatic carbocycles. The zero-order valence-electron chi connectivity index (χ0n) is 19.7. The number of carbonyl (C=O) groups is 1.